The fourth-order valence-corrected chi connectivity index (χ4v) is 1.81. The summed E-state index contributed by atoms with van der Waals surface area (Å²) < 4.78 is 10.7. The maximum absolute atomic E-state index is 5.77. The Balaban J connectivity index is 1.82. The molecule has 1 aliphatic heterocycles. The number of morpholine rings is 1. The van der Waals surface area contributed by atoms with Gasteiger partial charge in [0, 0.05) is 19.3 Å². The Hall–Kier alpha value is -1.50. The zero-order valence-corrected chi connectivity index (χ0v) is 10.2. The van der Waals surface area contributed by atoms with Crippen LogP contribution in [0.5, 0.6) is 0 Å². The minimum Gasteiger partial charge on any atom is -0.366 e. The Morgan fingerprint density at radius 2 is 2.33 bits per heavy atom. The molecule has 7 heteroatoms. The summed E-state index contributed by atoms with van der Waals surface area (Å²) in [6.45, 7) is 2.16. The number of aromatic nitrogens is 3. The number of ether oxygens (including phenoxy) is 1. The molecule has 0 aromatic carbocycles. The van der Waals surface area contributed by atoms with Crippen molar-refractivity contribution in [1.29, 1.82) is 0 Å². The molecule has 2 aromatic rings. The molecule has 94 valence electrons. The minimum atomic E-state index is -0.188. The summed E-state index contributed by atoms with van der Waals surface area (Å²) in [4.78, 5) is 8.42. The second-order valence-electron chi connectivity index (χ2n) is 3.88. The molecule has 1 aliphatic rings. The Labute approximate surface area is 108 Å². The van der Waals surface area contributed by atoms with Gasteiger partial charge in [-0.15, -0.1) is 0 Å². The SMILES string of the molecule is Clc1ccc(-c2noc(C3CNCCO3)n2)nc1. The van der Waals surface area contributed by atoms with Crippen LogP contribution < -0.4 is 5.32 Å². The van der Waals surface area contributed by atoms with E-state index < -0.39 is 0 Å². The van der Waals surface area contributed by atoms with Gasteiger partial charge in [0.2, 0.25) is 5.82 Å². The van der Waals surface area contributed by atoms with Gasteiger partial charge in [0.1, 0.15) is 11.8 Å². The van der Waals surface area contributed by atoms with Crippen LogP contribution in [0.2, 0.25) is 5.02 Å². The second kappa shape index (κ2) is 5.01. The summed E-state index contributed by atoms with van der Waals surface area (Å²) >= 11 is 5.77. The highest BCUT2D eigenvalue weighted by atomic mass is 35.5. The third kappa shape index (κ3) is 2.35. The first kappa shape index (κ1) is 11.6. The van der Waals surface area contributed by atoms with Crippen LogP contribution in [0, 0.1) is 0 Å². The fourth-order valence-electron chi connectivity index (χ4n) is 1.70. The van der Waals surface area contributed by atoms with Crippen molar-refractivity contribution in [1.82, 2.24) is 20.4 Å². The molecule has 0 aliphatic carbocycles. The zero-order chi connectivity index (χ0) is 12.4. The number of nitrogens with zero attached hydrogens (tertiary/aromatic N) is 3. The van der Waals surface area contributed by atoms with Crippen LogP contribution in [0.15, 0.2) is 22.9 Å². The van der Waals surface area contributed by atoms with Crippen LogP contribution >= 0.6 is 11.6 Å². The summed E-state index contributed by atoms with van der Waals surface area (Å²) in [5.74, 6) is 0.907. The predicted octanol–water partition coefficient (Wildman–Crippen LogP) is 1.45. The van der Waals surface area contributed by atoms with Crippen LogP contribution in [0.1, 0.15) is 12.0 Å². The van der Waals surface area contributed by atoms with E-state index in [2.05, 4.69) is 20.4 Å². The number of pyridine rings is 1. The Morgan fingerprint density at radius 1 is 1.39 bits per heavy atom. The van der Waals surface area contributed by atoms with E-state index in [1.54, 1.807) is 18.3 Å². The summed E-state index contributed by atoms with van der Waals surface area (Å²) in [6.07, 6.45) is 1.36. The molecule has 3 rings (SSSR count). The van der Waals surface area contributed by atoms with Crippen LogP contribution in [0.4, 0.5) is 0 Å². The van der Waals surface area contributed by atoms with Gasteiger partial charge < -0.3 is 14.6 Å². The summed E-state index contributed by atoms with van der Waals surface area (Å²) in [6, 6.07) is 3.48. The lowest BCUT2D eigenvalue weighted by molar-refractivity contribution is 0.00755. The van der Waals surface area contributed by atoms with Gasteiger partial charge in [-0.05, 0) is 12.1 Å². The molecule has 1 N–H and O–H groups in total. The minimum absolute atomic E-state index is 0.188. The second-order valence-corrected chi connectivity index (χ2v) is 4.32. The quantitative estimate of drug-likeness (QED) is 0.887. The van der Waals surface area contributed by atoms with Crippen molar-refractivity contribution in [3.63, 3.8) is 0 Å². The first-order valence-electron chi connectivity index (χ1n) is 5.61. The summed E-state index contributed by atoms with van der Waals surface area (Å²) in [5.41, 5.74) is 0.623. The lowest BCUT2D eigenvalue weighted by Gasteiger charge is -2.19. The fraction of sp³-hybridized carbons (Fsp3) is 0.364. The highest BCUT2D eigenvalue weighted by molar-refractivity contribution is 6.30. The molecule has 6 nitrogen and oxygen atoms in total. The third-order valence-electron chi connectivity index (χ3n) is 2.60. The standard InChI is InChI=1S/C11H11ClN4O2/c12-7-1-2-8(14-5-7)10-15-11(18-16-10)9-6-13-3-4-17-9/h1-2,5,9,13H,3-4,6H2. The lowest BCUT2D eigenvalue weighted by Crippen LogP contribution is -2.33. The van der Waals surface area contributed by atoms with Crippen molar-refractivity contribution >= 4 is 11.6 Å². The molecule has 1 atom stereocenters. The monoisotopic (exact) mass is 266 g/mol. The topological polar surface area (TPSA) is 73.1 Å². The van der Waals surface area contributed by atoms with Crippen molar-refractivity contribution in [2.45, 2.75) is 6.10 Å². The average Bonchev–Trinajstić information content (AvgIpc) is 2.90. The third-order valence-corrected chi connectivity index (χ3v) is 2.82. The van der Waals surface area contributed by atoms with Gasteiger partial charge in [0.15, 0.2) is 0 Å². The van der Waals surface area contributed by atoms with Crippen LogP contribution in [0.25, 0.3) is 11.5 Å². The maximum atomic E-state index is 5.77. The van der Waals surface area contributed by atoms with E-state index in [4.69, 9.17) is 20.9 Å². The zero-order valence-electron chi connectivity index (χ0n) is 9.47. The molecule has 1 unspecified atom stereocenters. The van der Waals surface area contributed by atoms with Crippen molar-refractivity contribution in [2.75, 3.05) is 19.7 Å². The summed E-state index contributed by atoms with van der Waals surface area (Å²) in [7, 11) is 0. The van der Waals surface area contributed by atoms with Crippen molar-refractivity contribution in [2.24, 2.45) is 0 Å². The van der Waals surface area contributed by atoms with E-state index in [1.807, 2.05) is 0 Å². The van der Waals surface area contributed by atoms with E-state index in [0.717, 1.165) is 6.54 Å². The number of hydrogen-bond acceptors (Lipinski definition) is 6. The molecule has 0 spiro atoms. The first-order valence-corrected chi connectivity index (χ1v) is 5.98. The van der Waals surface area contributed by atoms with Gasteiger partial charge >= 0.3 is 0 Å². The Kier molecular flexibility index (Phi) is 3.22. The normalized spacial score (nSPS) is 19.9. The molecule has 3 heterocycles. The van der Waals surface area contributed by atoms with Crippen LogP contribution in [-0.4, -0.2) is 34.8 Å². The van der Waals surface area contributed by atoms with Crippen LogP contribution in [0.3, 0.4) is 0 Å². The van der Waals surface area contributed by atoms with Gasteiger partial charge in [-0.3, -0.25) is 4.98 Å². The molecular weight excluding hydrogens is 256 g/mol. The molecular formula is C11H11ClN4O2. The number of nitrogens with one attached hydrogen (secondary N) is 1. The Morgan fingerprint density at radius 3 is 3.06 bits per heavy atom. The maximum Gasteiger partial charge on any atom is 0.257 e. The average molecular weight is 267 g/mol. The van der Waals surface area contributed by atoms with Gasteiger partial charge in [-0.1, -0.05) is 16.8 Å². The smallest absolute Gasteiger partial charge is 0.257 e. The summed E-state index contributed by atoms with van der Waals surface area (Å²) in [5, 5.41) is 7.67. The number of halogens is 1. The van der Waals surface area contributed by atoms with Gasteiger partial charge in [0.25, 0.3) is 5.89 Å². The number of hydrogen-bond donors (Lipinski definition) is 1. The van der Waals surface area contributed by atoms with Gasteiger partial charge in [-0.2, -0.15) is 4.98 Å². The van der Waals surface area contributed by atoms with Crippen molar-refractivity contribution < 1.29 is 9.26 Å². The highest BCUT2D eigenvalue weighted by Crippen LogP contribution is 2.21. The van der Waals surface area contributed by atoms with E-state index in [9.17, 15) is 0 Å². The molecule has 2 aromatic heterocycles. The predicted molar refractivity (Wildman–Crippen MR) is 64.1 cm³/mol. The molecule has 0 saturated carbocycles. The molecule has 0 amide bonds. The largest absolute Gasteiger partial charge is 0.366 e. The van der Waals surface area contributed by atoms with E-state index in [1.165, 1.54) is 0 Å². The van der Waals surface area contributed by atoms with E-state index >= 15 is 0 Å². The van der Waals surface area contributed by atoms with E-state index in [-0.39, 0.29) is 6.10 Å². The van der Waals surface area contributed by atoms with Crippen LogP contribution in [-0.2, 0) is 4.74 Å². The molecule has 0 bridgehead atoms. The lowest BCUT2D eigenvalue weighted by atomic mass is 10.3. The van der Waals surface area contributed by atoms with E-state index in [0.29, 0.717) is 35.6 Å². The number of rotatable bonds is 2. The van der Waals surface area contributed by atoms with Gasteiger partial charge in [0.05, 0.1) is 11.6 Å². The van der Waals surface area contributed by atoms with Crippen molar-refractivity contribution in [3.8, 4) is 11.5 Å². The Bertz CT molecular complexity index is 522. The van der Waals surface area contributed by atoms with Crippen molar-refractivity contribution in [3.05, 3.63) is 29.2 Å². The first-order chi connectivity index (χ1) is 8.83. The molecule has 1 saturated heterocycles. The highest BCUT2D eigenvalue weighted by Gasteiger charge is 2.22. The molecule has 18 heavy (non-hydrogen) atoms. The van der Waals surface area contributed by atoms with Gasteiger partial charge in [-0.25, -0.2) is 0 Å². The molecule has 1 fully saturated rings. The molecule has 0 radical (unpaired) electrons.